The van der Waals surface area contributed by atoms with Gasteiger partial charge in [0.2, 0.25) is 0 Å². The zero-order valence-electron chi connectivity index (χ0n) is 11.8. The maximum atomic E-state index is 12.6. The molecular weight excluding hydrogens is 280 g/mol. The van der Waals surface area contributed by atoms with Crippen LogP contribution in [0.2, 0.25) is 0 Å². The van der Waals surface area contributed by atoms with Crippen LogP contribution in [0.5, 0.6) is 0 Å². The third-order valence-electron chi connectivity index (χ3n) is 2.93. The van der Waals surface area contributed by atoms with Gasteiger partial charge in [-0.15, -0.1) is 0 Å². The minimum absolute atomic E-state index is 0.139. The topological polar surface area (TPSA) is 112 Å². The number of carbonyl (C=O) groups is 1. The molecule has 6 nitrogen and oxygen atoms in total. The van der Waals surface area contributed by atoms with Crippen LogP contribution in [0.4, 0.5) is 10.5 Å². The molecule has 0 aliphatic rings. The minimum atomic E-state index is -3.66. The molecule has 0 aromatic heterocycles. The average Bonchev–Trinajstić information content (AvgIpc) is 2.26. The van der Waals surface area contributed by atoms with Crippen molar-refractivity contribution in [1.29, 1.82) is 0 Å². The number of benzene rings is 1. The zero-order chi connectivity index (χ0) is 15.6. The highest BCUT2D eigenvalue weighted by Crippen LogP contribution is 2.31. The highest BCUT2D eigenvalue weighted by Gasteiger charge is 2.38. The van der Waals surface area contributed by atoms with Crippen molar-refractivity contribution in [2.75, 3.05) is 12.3 Å². The van der Waals surface area contributed by atoms with Crippen molar-refractivity contribution < 1.29 is 17.9 Å². The third-order valence-corrected chi connectivity index (χ3v) is 5.45. The highest BCUT2D eigenvalue weighted by atomic mass is 32.2. The first-order valence-electron chi connectivity index (χ1n) is 6.07. The largest absolute Gasteiger partial charge is 0.448 e. The molecule has 0 radical (unpaired) electrons. The van der Waals surface area contributed by atoms with Gasteiger partial charge in [-0.1, -0.05) is 20.8 Å². The summed E-state index contributed by atoms with van der Waals surface area (Å²) in [4.78, 5) is 10.9. The molecule has 0 aliphatic carbocycles. The summed E-state index contributed by atoms with van der Waals surface area (Å²) in [6.07, 6.45) is -0.994. The monoisotopic (exact) mass is 300 g/mol. The molecule has 1 amide bonds. The molecule has 1 atom stereocenters. The van der Waals surface area contributed by atoms with Crippen LogP contribution in [-0.4, -0.2) is 26.4 Å². The van der Waals surface area contributed by atoms with Crippen LogP contribution >= 0.6 is 0 Å². The number of nitrogen functional groups attached to an aromatic ring is 1. The Labute approximate surface area is 119 Å². The quantitative estimate of drug-likeness (QED) is 0.819. The van der Waals surface area contributed by atoms with Crippen molar-refractivity contribution in [2.45, 2.75) is 30.9 Å². The SMILES string of the molecule is CC(C)(C)C(COC(N)=O)S(=O)(=O)c1ccc(N)cc1. The van der Waals surface area contributed by atoms with E-state index in [1.54, 1.807) is 20.8 Å². The van der Waals surface area contributed by atoms with E-state index in [0.717, 1.165) is 0 Å². The molecule has 0 saturated heterocycles. The molecule has 1 unspecified atom stereocenters. The standard InChI is InChI=1S/C13H20N2O4S/c1-13(2,3)11(8-19-12(15)16)20(17,18)10-6-4-9(14)5-7-10/h4-7,11H,8,14H2,1-3H3,(H2,15,16). The average molecular weight is 300 g/mol. The molecular formula is C13H20N2O4S. The molecule has 0 bridgehead atoms. The van der Waals surface area contributed by atoms with Crippen LogP contribution in [0, 0.1) is 5.41 Å². The fourth-order valence-electron chi connectivity index (χ4n) is 1.78. The van der Waals surface area contributed by atoms with E-state index in [9.17, 15) is 13.2 Å². The molecule has 1 aromatic carbocycles. The summed E-state index contributed by atoms with van der Waals surface area (Å²) >= 11 is 0. The predicted octanol–water partition coefficient (Wildman–Crippen LogP) is 1.55. The van der Waals surface area contributed by atoms with Crippen molar-refractivity contribution in [3.63, 3.8) is 0 Å². The maximum Gasteiger partial charge on any atom is 0.404 e. The molecule has 0 aliphatic heterocycles. The lowest BCUT2D eigenvalue weighted by Gasteiger charge is -2.29. The number of anilines is 1. The smallest absolute Gasteiger partial charge is 0.404 e. The Morgan fingerprint density at radius 3 is 2.15 bits per heavy atom. The molecule has 0 spiro atoms. The fourth-order valence-corrected chi connectivity index (χ4v) is 3.81. The van der Waals surface area contributed by atoms with Gasteiger partial charge in [-0.3, -0.25) is 0 Å². The van der Waals surface area contributed by atoms with Crippen LogP contribution < -0.4 is 11.5 Å². The molecule has 0 fully saturated rings. The second-order valence-electron chi connectivity index (χ2n) is 5.60. The normalized spacial score (nSPS) is 13.8. The number of primary amides is 1. The second-order valence-corrected chi connectivity index (χ2v) is 7.73. The summed E-state index contributed by atoms with van der Waals surface area (Å²) < 4.78 is 30.0. The Morgan fingerprint density at radius 1 is 1.25 bits per heavy atom. The van der Waals surface area contributed by atoms with Crippen LogP contribution in [0.3, 0.4) is 0 Å². The molecule has 20 heavy (non-hydrogen) atoms. The molecule has 1 rings (SSSR count). The van der Waals surface area contributed by atoms with Crippen molar-refractivity contribution >= 4 is 21.6 Å². The number of amides is 1. The highest BCUT2D eigenvalue weighted by molar-refractivity contribution is 7.92. The van der Waals surface area contributed by atoms with E-state index >= 15 is 0 Å². The van der Waals surface area contributed by atoms with Gasteiger partial charge in [-0.05, 0) is 29.7 Å². The zero-order valence-corrected chi connectivity index (χ0v) is 12.6. The summed E-state index contributed by atoms with van der Waals surface area (Å²) in [6, 6.07) is 5.91. The number of rotatable bonds is 4. The van der Waals surface area contributed by atoms with Gasteiger partial charge in [0.05, 0.1) is 4.90 Å². The van der Waals surface area contributed by atoms with E-state index in [0.29, 0.717) is 5.69 Å². The van der Waals surface area contributed by atoms with Crippen LogP contribution in [0.1, 0.15) is 20.8 Å². The van der Waals surface area contributed by atoms with E-state index in [1.807, 2.05) is 0 Å². The Balaban J connectivity index is 3.17. The van der Waals surface area contributed by atoms with Crippen molar-refractivity contribution in [3.8, 4) is 0 Å². The Bertz CT molecular complexity index is 573. The number of hydrogen-bond donors (Lipinski definition) is 2. The summed E-state index contributed by atoms with van der Waals surface area (Å²) in [5, 5.41) is -0.897. The van der Waals surface area contributed by atoms with Crippen LogP contribution in [-0.2, 0) is 14.6 Å². The lowest BCUT2D eigenvalue weighted by molar-refractivity contribution is 0.142. The third kappa shape index (κ3) is 3.86. The van der Waals surface area contributed by atoms with Crippen molar-refractivity contribution in [1.82, 2.24) is 0 Å². The molecule has 0 saturated carbocycles. The first-order chi connectivity index (χ1) is 9.05. The summed E-state index contributed by atoms with van der Waals surface area (Å²) in [7, 11) is -3.66. The Morgan fingerprint density at radius 2 is 1.75 bits per heavy atom. The fraction of sp³-hybridized carbons (Fsp3) is 0.462. The van der Waals surface area contributed by atoms with Crippen molar-refractivity contribution in [3.05, 3.63) is 24.3 Å². The van der Waals surface area contributed by atoms with E-state index in [-0.39, 0.29) is 11.5 Å². The number of ether oxygens (including phenoxy) is 1. The van der Waals surface area contributed by atoms with Crippen LogP contribution in [0.25, 0.3) is 0 Å². The van der Waals surface area contributed by atoms with Gasteiger partial charge < -0.3 is 16.2 Å². The van der Waals surface area contributed by atoms with E-state index < -0.39 is 26.6 Å². The van der Waals surface area contributed by atoms with Crippen LogP contribution in [0.15, 0.2) is 29.2 Å². The first-order valence-corrected chi connectivity index (χ1v) is 7.61. The van der Waals surface area contributed by atoms with Crippen molar-refractivity contribution in [2.24, 2.45) is 11.1 Å². The van der Waals surface area contributed by atoms with Gasteiger partial charge in [-0.2, -0.15) is 0 Å². The molecule has 7 heteroatoms. The second kappa shape index (κ2) is 5.70. The summed E-state index contributed by atoms with van der Waals surface area (Å²) in [5.41, 5.74) is 10.3. The van der Waals surface area contributed by atoms with Gasteiger partial charge in [-0.25, -0.2) is 13.2 Å². The Kier molecular flexibility index (Phi) is 4.65. The number of sulfone groups is 1. The number of hydrogen-bond acceptors (Lipinski definition) is 5. The minimum Gasteiger partial charge on any atom is -0.448 e. The number of carbonyl (C=O) groups excluding carboxylic acids is 1. The summed E-state index contributed by atoms with van der Waals surface area (Å²) in [6.45, 7) is 5.00. The van der Waals surface area contributed by atoms with Gasteiger partial charge >= 0.3 is 6.09 Å². The van der Waals surface area contributed by atoms with Gasteiger partial charge in [0.15, 0.2) is 9.84 Å². The molecule has 1 aromatic rings. The van der Waals surface area contributed by atoms with Gasteiger partial charge in [0, 0.05) is 5.69 Å². The van der Waals surface area contributed by atoms with E-state index in [1.165, 1.54) is 24.3 Å². The number of nitrogens with two attached hydrogens (primary N) is 2. The Hall–Kier alpha value is -1.76. The summed E-state index contributed by atoms with van der Waals surface area (Å²) in [5.74, 6) is 0. The van der Waals surface area contributed by atoms with E-state index in [2.05, 4.69) is 0 Å². The maximum absolute atomic E-state index is 12.6. The molecule has 112 valence electrons. The van der Waals surface area contributed by atoms with E-state index in [4.69, 9.17) is 16.2 Å². The molecule has 4 N–H and O–H groups in total. The lowest BCUT2D eigenvalue weighted by atomic mass is 9.92. The van der Waals surface area contributed by atoms with Gasteiger partial charge in [0.25, 0.3) is 0 Å². The van der Waals surface area contributed by atoms with Gasteiger partial charge in [0.1, 0.15) is 11.9 Å². The predicted molar refractivity (Wildman–Crippen MR) is 76.8 cm³/mol. The molecule has 0 heterocycles. The first kappa shape index (κ1) is 16.3. The lowest BCUT2D eigenvalue weighted by Crippen LogP contribution is -2.39.